The van der Waals surface area contributed by atoms with E-state index in [0.29, 0.717) is 6.08 Å². The van der Waals surface area contributed by atoms with E-state index in [-0.39, 0.29) is 0 Å². The van der Waals surface area contributed by atoms with Crippen LogP contribution in [0.5, 0.6) is 0 Å². The van der Waals surface area contributed by atoms with Gasteiger partial charge >= 0.3 is 12.1 Å². The molecule has 2 nitrogen and oxygen atoms in total. The van der Waals surface area contributed by atoms with Crippen molar-refractivity contribution < 1.29 is 22.7 Å². The van der Waals surface area contributed by atoms with E-state index in [9.17, 15) is 18.0 Å². The molecule has 0 aromatic carbocycles. The number of carbonyl (C=O) groups excluding carboxylic acids is 1. The van der Waals surface area contributed by atoms with E-state index >= 15 is 0 Å². The van der Waals surface area contributed by atoms with E-state index in [0.717, 1.165) is 7.11 Å². The van der Waals surface area contributed by atoms with Crippen molar-refractivity contribution in [1.82, 2.24) is 0 Å². The van der Waals surface area contributed by atoms with Crippen molar-refractivity contribution in [1.29, 1.82) is 0 Å². The normalized spacial score (nSPS) is 16.2. The Balaban J connectivity index is 5.43. The Morgan fingerprint density at radius 2 is 1.86 bits per heavy atom. The number of hydrogen-bond acceptors (Lipinski definition) is 2. The predicted octanol–water partition coefficient (Wildman–Crippen LogP) is 2.55. The van der Waals surface area contributed by atoms with Gasteiger partial charge in [0.15, 0.2) is 5.41 Å². The minimum atomic E-state index is -4.68. The Morgan fingerprint density at radius 3 is 1.93 bits per heavy atom. The fraction of sp³-hybridized carbons (Fsp3) is 0.667. The van der Waals surface area contributed by atoms with Gasteiger partial charge in [0.1, 0.15) is 0 Å². The van der Waals surface area contributed by atoms with Crippen molar-refractivity contribution in [2.24, 2.45) is 11.3 Å². The van der Waals surface area contributed by atoms with Gasteiger partial charge < -0.3 is 4.74 Å². The first-order chi connectivity index (χ1) is 6.24. The largest absolute Gasteiger partial charge is 0.468 e. The molecule has 0 saturated heterocycles. The Hall–Kier alpha value is -1.00. The van der Waals surface area contributed by atoms with Gasteiger partial charge in [0.25, 0.3) is 0 Å². The number of alkyl halides is 3. The first-order valence-electron chi connectivity index (χ1n) is 4.02. The number of carbonyl (C=O) groups is 1. The highest BCUT2D eigenvalue weighted by Gasteiger charge is 2.61. The van der Waals surface area contributed by atoms with E-state index < -0.39 is 23.5 Å². The lowest BCUT2D eigenvalue weighted by molar-refractivity contribution is -0.229. The maximum atomic E-state index is 12.7. The molecule has 0 N–H and O–H groups in total. The summed E-state index contributed by atoms with van der Waals surface area (Å²) in [6, 6.07) is 0. The van der Waals surface area contributed by atoms with Gasteiger partial charge in [-0.3, -0.25) is 4.79 Å². The molecule has 1 atom stereocenters. The predicted molar refractivity (Wildman–Crippen MR) is 45.5 cm³/mol. The maximum Gasteiger partial charge on any atom is 0.408 e. The van der Waals surface area contributed by atoms with Gasteiger partial charge in [-0.1, -0.05) is 19.9 Å². The van der Waals surface area contributed by atoms with Crippen LogP contribution in [0.25, 0.3) is 0 Å². The Morgan fingerprint density at radius 1 is 1.43 bits per heavy atom. The highest BCUT2D eigenvalue weighted by Crippen LogP contribution is 2.46. The molecular formula is C9H13F3O2. The molecule has 0 aliphatic rings. The summed E-state index contributed by atoms with van der Waals surface area (Å²) >= 11 is 0. The Labute approximate surface area is 80.7 Å². The number of rotatable bonds is 3. The summed E-state index contributed by atoms with van der Waals surface area (Å²) in [5.41, 5.74) is -2.61. The summed E-state index contributed by atoms with van der Waals surface area (Å²) in [7, 11) is 0.925. The van der Waals surface area contributed by atoms with Crippen molar-refractivity contribution >= 4 is 5.97 Å². The van der Waals surface area contributed by atoms with E-state index in [1.165, 1.54) is 13.8 Å². The van der Waals surface area contributed by atoms with E-state index in [4.69, 9.17) is 0 Å². The van der Waals surface area contributed by atoms with Crippen molar-refractivity contribution in [3.05, 3.63) is 12.7 Å². The molecule has 0 radical (unpaired) electrons. The molecule has 1 unspecified atom stereocenters. The van der Waals surface area contributed by atoms with Crippen molar-refractivity contribution in [2.75, 3.05) is 7.11 Å². The number of ether oxygens (including phenoxy) is 1. The second kappa shape index (κ2) is 4.02. The average Bonchev–Trinajstić information content (AvgIpc) is 2.02. The number of hydrogen-bond donors (Lipinski definition) is 0. The third kappa shape index (κ3) is 1.76. The van der Waals surface area contributed by atoms with Gasteiger partial charge in [-0.15, -0.1) is 6.58 Å². The molecule has 0 rings (SSSR count). The first kappa shape index (κ1) is 13.0. The average molecular weight is 210 g/mol. The zero-order chi connectivity index (χ0) is 11.6. The maximum absolute atomic E-state index is 12.7. The van der Waals surface area contributed by atoms with Gasteiger partial charge in [-0.2, -0.15) is 13.2 Å². The molecule has 0 heterocycles. The molecule has 82 valence electrons. The minimum absolute atomic E-state index is 0.601. The summed E-state index contributed by atoms with van der Waals surface area (Å²) in [4.78, 5) is 11.1. The van der Waals surface area contributed by atoms with Crippen LogP contribution in [0.4, 0.5) is 13.2 Å². The summed E-state index contributed by atoms with van der Waals surface area (Å²) in [6.45, 7) is 5.66. The van der Waals surface area contributed by atoms with Crippen LogP contribution in [-0.4, -0.2) is 19.3 Å². The standard InChI is InChI=1S/C9H13F3O2/c1-5-8(6(2)3,7(13)14-4)9(10,11)12/h5-6H,1H2,2-4H3. The summed E-state index contributed by atoms with van der Waals surface area (Å²) in [5, 5.41) is 0. The fourth-order valence-electron chi connectivity index (χ4n) is 1.28. The van der Waals surface area contributed by atoms with E-state index in [1.807, 2.05) is 0 Å². The summed E-state index contributed by atoms with van der Waals surface area (Å²) in [6.07, 6.45) is -4.08. The second-order valence-corrected chi connectivity index (χ2v) is 3.22. The molecule has 0 aliphatic heterocycles. The number of methoxy groups -OCH3 is 1. The molecular weight excluding hydrogens is 197 g/mol. The first-order valence-corrected chi connectivity index (χ1v) is 4.02. The third-order valence-corrected chi connectivity index (χ3v) is 2.22. The molecule has 0 aromatic heterocycles. The van der Waals surface area contributed by atoms with E-state index in [2.05, 4.69) is 11.3 Å². The quantitative estimate of drug-likeness (QED) is 0.528. The van der Waals surface area contributed by atoms with Crippen molar-refractivity contribution in [2.45, 2.75) is 20.0 Å². The molecule has 0 aromatic rings. The number of esters is 1. The van der Waals surface area contributed by atoms with Gasteiger partial charge in [0, 0.05) is 0 Å². The minimum Gasteiger partial charge on any atom is -0.468 e. The van der Waals surface area contributed by atoms with Crippen LogP contribution in [-0.2, 0) is 9.53 Å². The second-order valence-electron chi connectivity index (χ2n) is 3.22. The van der Waals surface area contributed by atoms with Crippen LogP contribution < -0.4 is 0 Å². The fourth-order valence-corrected chi connectivity index (χ4v) is 1.28. The highest BCUT2D eigenvalue weighted by molar-refractivity contribution is 5.80. The summed E-state index contributed by atoms with van der Waals surface area (Å²) in [5.74, 6) is -2.28. The van der Waals surface area contributed by atoms with Crippen LogP contribution >= 0.6 is 0 Å². The van der Waals surface area contributed by atoms with Gasteiger partial charge in [-0.25, -0.2) is 0 Å². The van der Waals surface area contributed by atoms with Gasteiger partial charge in [0.05, 0.1) is 7.11 Å². The Bertz CT molecular complexity index is 233. The smallest absolute Gasteiger partial charge is 0.408 e. The molecule has 0 fully saturated rings. The molecule has 0 aliphatic carbocycles. The lowest BCUT2D eigenvalue weighted by Crippen LogP contribution is -2.48. The number of halogens is 3. The van der Waals surface area contributed by atoms with Crippen LogP contribution in [0.1, 0.15) is 13.8 Å². The topological polar surface area (TPSA) is 26.3 Å². The molecule has 0 spiro atoms. The molecule has 0 saturated carbocycles. The monoisotopic (exact) mass is 210 g/mol. The molecule has 14 heavy (non-hydrogen) atoms. The highest BCUT2D eigenvalue weighted by atomic mass is 19.4. The lowest BCUT2D eigenvalue weighted by atomic mass is 9.76. The zero-order valence-corrected chi connectivity index (χ0v) is 8.31. The summed E-state index contributed by atoms with van der Waals surface area (Å²) < 4.78 is 42.2. The van der Waals surface area contributed by atoms with Crippen LogP contribution in [0.3, 0.4) is 0 Å². The third-order valence-electron chi connectivity index (χ3n) is 2.22. The lowest BCUT2D eigenvalue weighted by Gasteiger charge is -2.33. The molecule has 0 amide bonds. The molecule has 0 bridgehead atoms. The zero-order valence-electron chi connectivity index (χ0n) is 8.31. The van der Waals surface area contributed by atoms with Crippen molar-refractivity contribution in [3.63, 3.8) is 0 Å². The van der Waals surface area contributed by atoms with Crippen LogP contribution in [0, 0.1) is 11.3 Å². The SMILES string of the molecule is C=CC(C(=O)OC)(C(C)C)C(F)(F)F. The van der Waals surface area contributed by atoms with Gasteiger partial charge in [0.2, 0.25) is 0 Å². The van der Waals surface area contributed by atoms with Gasteiger partial charge in [-0.05, 0) is 5.92 Å². The van der Waals surface area contributed by atoms with Crippen molar-refractivity contribution in [3.8, 4) is 0 Å². The molecule has 5 heteroatoms. The van der Waals surface area contributed by atoms with Crippen LogP contribution in [0.2, 0.25) is 0 Å². The van der Waals surface area contributed by atoms with E-state index in [1.54, 1.807) is 0 Å². The Kier molecular flexibility index (Phi) is 3.73. The van der Waals surface area contributed by atoms with Crippen LogP contribution in [0.15, 0.2) is 12.7 Å².